The van der Waals surface area contributed by atoms with Crippen LogP contribution in [0.3, 0.4) is 0 Å². The summed E-state index contributed by atoms with van der Waals surface area (Å²) >= 11 is 0. The molecule has 0 fully saturated rings. The fraction of sp³-hybridized carbons (Fsp3) is 0.300. The number of carbonyl (C=O) groups is 2. The number of guanidine groups is 1. The van der Waals surface area contributed by atoms with Gasteiger partial charge in [0.05, 0.1) is 12.8 Å². The number of carbonyl (C=O) groups excluding carboxylic acids is 2. The van der Waals surface area contributed by atoms with Gasteiger partial charge in [-0.1, -0.05) is 56.2 Å². The van der Waals surface area contributed by atoms with Crippen molar-refractivity contribution in [3.05, 3.63) is 89.5 Å². The van der Waals surface area contributed by atoms with E-state index in [1.807, 2.05) is 36.4 Å². The van der Waals surface area contributed by atoms with Crippen molar-refractivity contribution in [2.75, 3.05) is 7.11 Å². The van der Waals surface area contributed by atoms with Gasteiger partial charge < -0.3 is 31.6 Å². The summed E-state index contributed by atoms with van der Waals surface area (Å²) < 4.78 is 11.2. The van der Waals surface area contributed by atoms with Crippen molar-refractivity contribution in [3.8, 4) is 11.5 Å². The van der Waals surface area contributed by atoms with E-state index in [-0.39, 0.29) is 24.3 Å². The van der Waals surface area contributed by atoms with Crippen molar-refractivity contribution in [2.24, 2.45) is 16.5 Å². The third kappa shape index (κ3) is 9.70. The zero-order valence-electron chi connectivity index (χ0n) is 22.5. The van der Waals surface area contributed by atoms with E-state index in [2.05, 4.69) is 22.5 Å². The zero-order valence-corrected chi connectivity index (χ0v) is 22.5. The van der Waals surface area contributed by atoms with Crippen LogP contribution in [0.2, 0.25) is 0 Å². The fourth-order valence-electron chi connectivity index (χ4n) is 3.88. The third-order valence-electron chi connectivity index (χ3n) is 5.99. The normalized spacial score (nSPS) is 11.2. The molecule has 6 N–H and O–H groups in total. The first-order chi connectivity index (χ1) is 18.9. The molecule has 0 aromatic heterocycles. The Hall–Kier alpha value is -4.53. The molecule has 0 aliphatic carbocycles. The smallest absolute Gasteiger partial charge is 0.247 e. The second-order valence-electron chi connectivity index (χ2n) is 9.09. The van der Waals surface area contributed by atoms with E-state index >= 15 is 0 Å². The molecule has 206 valence electrons. The van der Waals surface area contributed by atoms with E-state index in [9.17, 15) is 9.59 Å². The molecule has 0 aliphatic rings. The Balaban J connectivity index is 1.67. The van der Waals surface area contributed by atoms with Crippen molar-refractivity contribution in [1.82, 2.24) is 10.6 Å². The molecular weight excluding hydrogens is 494 g/mol. The van der Waals surface area contributed by atoms with Gasteiger partial charge in [0, 0.05) is 13.0 Å². The van der Waals surface area contributed by atoms with E-state index < -0.39 is 6.04 Å². The molecule has 0 unspecified atom stereocenters. The molecule has 0 bridgehead atoms. The Morgan fingerprint density at radius 1 is 0.923 bits per heavy atom. The van der Waals surface area contributed by atoms with Gasteiger partial charge >= 0.3 is 0 Å². The SMILES string of the molecule is CCCCCC(=O)N[C@H](C(=O)NCc1ccc(N=C(N)N)cc1)c1ccc(OCc2cccc(OC)c2)cc1. The van der Waals surface area contributed by atoms with Gasteiger partial charge in [-0.25, -0.2) is 4.99 Å². The third-order valence-corrected chi connectivity index (χ3v) is 5.99. The molecule has 2 amide bonds. The van der Waals surface area contributed by atoms with Crippen LogP contribution in [-0.2, 0) is 22.7 Å². The minimum Gasteiger partial charge on any atom is -0.497 e. The lowest BCUT2D eigenvalue weighted by Crippen LogP contribution is -2.40. The van der Waals surface area contributed by atoms with Gasteiger partial charge in [-0.15, -0.1) is 0 Å². The molecule has 0 saturated heterocycles. The highest BCUT2D eigenvalue weighted by molar-refractivity contribution is 5.88. The van der Waals surface area contributed by atoms with Gasteiger partial charge in [0.15, 0.2) is 5.96 Å². The lowest BCUT2D eigenvalue weighted by molar-refractivity contribution is -0.129. The van der Waals surface area contributed by atoms with Gasteiger partial charge in [-0.2, -0.15) is 0 Å². The number of amides is 2. The number of hydrogen-bond donors (Lipinski definition) is 4. The van der Waals surface area contributed by atoms with Crippen molar-refractivity contribution in [2.45, 2.75) is 51.8 Å². The number of rotatable bonds is 14. The summed E-state index contributed by atoms with van der Waals surface area (Å²) in [6.07, 6.45) is 3.11. The Bertz CT molecular complexity index is 1240. The maximum Gasteiger partial charge on any atom is 0.247 e. The highest BCUT2D eigenvalue weighted by Crippen LogP contribution is 2.21. The van der Waals surface area contributed by atoms with E-state index in [0.717, 1.165) is 36.1 Å². The predicted molar refractivity (Wildman–Crippen MR) is 153 cm³/mol. The Morgan fingerprint density at radius 2 is 1.67 bits per heavy atom. The summed E-state index contributed by atoms with van der Waals surface area (Å²) in [7, 11) is 1.62. The van der Waals surface area contributed by atoms with E-state index in [0.29, 0.717) is 30.0 Å². The number of methoxy groups -OCH3 is 1. The maximum atomic E-state index is 13.2. The number of nitrogens with two attached hydrogens (primary N) is 2. The number of benzene rings is 3. The predicted octanol–water partition coefficient (Wildman–Crippen LogP) is 4.23. The van der Waals surface area contributed by atoms with Crippen LogP contribution in [0, 0.1) is 0 Å². The number of hydrogen-bond acceptors (Lipinski definition) is 5. The van der Waals surface area contributed by atoms with Crippen molar-refractivity contribution in [1.29, 1.82) is 0 Å². The molecule has 1 atom stereocenters. The first-order valence-corrected chi connectivity index (χ1v) is 13.0. The molecule has 39 heavy (non-hydrogen) atoms. The lowest BCUT2D eigenvalue weighted by atomic mass is 10.0. The summed E-state index contributed by atoms with van der Waals surface area (Å²) in [4.78, 5) is 29.8. The molecule has 0 radical (unpaired) electrons. The molecule has 3 aromatic rings. The molecule has 0 aliphatic heterocycles. The van der Waals surface area contributed by atoms with Crippen LogP contribution in [0.1, 0.15) is 55.3 Å². The van der Waals surface area contributed by atoms with E-state index in [1.54, 1.807) is 43.5 Å². The van der Waals surface area contributed by atoms with Crippen LogP contribution >= 0.6 is 0 Å². The van der Waals surface area contributed by atoms with Crippen LogP contribution in [-0.4, -0.2) is 24.9 Å². The van der Waals surface area contributed by atoms with Gasteiger partial charge in [-0.3, -0.25) is 9.59 Å². The van der Waals surface area contributed by atoms with E-state index in [4.69, 9.17) is 20.9 Å². The Labute approximate surface area is 229 Å². The summed E-state index contributed by atoms with van der Waals surface area (Å²) in [6, 6.07) is 21.2. The molecule has 0 heterocycles. The van der Waals surface area contributed by atoms with Crippen LogP contribution in [0.25, 0.3) is 0 Å². The Kier molecular flexibility index (Phi) is 11.2. The van der Waals surface area contributed by atoms with Gasteiger partial charge in [0.1, 0.15) is 24.1 Å². The number of unbranched alkanes of at least 4 members (excludes halogenated alkanes) is 2. The average molecular weight is 532 g/mol. The van der Waals surface area contributed by atoms with Gasteiger partial charge in [0.2, 0.25) is 11.8 Å². The topological polar surface area (TPSA) is 141 Å². The molecule has 3 rings (SSSR count). The molecule has 9 heteroatoms. The minimum absolute atomic E-state index is 0.0229. The summed E-state index contributed by atoms with van der Waals surface area (Å²) in [6.45, 7) is 2.73. The monoisotopic (exact) mass is 531 g/mol. The highest BCUT2D eigenvalue weighted by Gasteiger charge is 2.22. The summed E-state index contributed by atoms with van der Waals surface area (Å²) in [5.41, 5.74) is 14.0. The van der Waals surface area contributed by atoms with Crippen molar-refractivity contribution < 1.29 is 19.1 Å². The second-order valence-corrected chi connectivity index (χ2v) is 9.09. The average Bonchev–Trinajstić information content (AvgIpc) is 2.94. The lowest BCUT2D eigenvalue weighted by Gasteiger charge is -2.19. The molecule has 9 nitrogen and oxygen atoms in total. The first-order valence-electron chi connectivity index (χ1n) is 13.0. The van der Waals surface area contributed by atoms with Gasteiger partial charge in [-0.05, 0) is 59.5 Å². The zero-order chi connectivity index (χ0) is 28.0. The fourth-order valence-corrected chi connectivity index (χ4v) is 3.88. The number of aliphatic imine (C=N–C) groups is 1. The molecule has 0 saturated carbocycles. The van der Waals surface area contributed by atoms with Crippen molar-refractivity contribution in [3.63, 3.8) is 0 Å². The molecular formula is C30H37N5O4. The quantitative estimate of drug-likeness (QED) is 0.139. The highest BCUT2D eigenvalue weighted by atomic mass is 16.5. The number of nitrogens with zero attached hydrogens (tertiary/aromatic N) is 1. The maximum absolute atomic E-state index is 13.2. The van der Waals surface area contributed by atoms with Crippen LogP contribution in [0.4, 0.5) is 5.69 Å². The number of ether oxygens (including phenoxy) is 2. The van der Waals surface area contributed by atoms with Crippen LogP contribution < -0.4 is 31.6 Å². The van der Waals surface area contributed by atoms with Gasteiger partial charge in [0.25, 0.3) is 0 Å². The largest absolute Gasteiger partial charge is 0.497 e. The molecule has 3 aromatic carbocycles. The van der Waals surface area contributed by atoms with Crippen LogP contribution in [0.5, 0.6) is 11.5 Å². The minimum atomic E-state index is -0.840. The van der Waals surface area contributed by atoms with Crippen LogP contribution in [0.15, 0.2) is 77.8 Å². The van der Waals surface area contributed by atoms with Crippen molar-refractivity contribution >= 4 is 23.5 Å². The standard InChI is InChI=1S/C30H37N5O4/c1-3-4-5-9-27(36)35-28(29(37)33-19-21-10-14-24(15-11-21)34-30(31)32)23-12-16-25(17-13-23)39-20-22-7-6-8-26(18-22)38-2/h6-8,10-18,28H,3-5,9,19-20H2,1-2H3,(H,33,37)(H,35,36)(H4,31,32,34)/t28-/m0/s1. The second kappa shape index (κ2) is 15.0. The molecule has 0 spiro atoms. The van der Waals surface area contributed by atoms with E-state index in [1.165, 1.54) is 0 Å². The number of nitrogens with one attached hydrogen (secondary N) is 2. The Morgan fingerprint density at radius 3 is 2.33 bits per heavy atom. The summed E-state index contributed by atoms with van der Waals surface area (Å²) in [5, 5.41) is 5.82. The summed E-state index contributed by atoms with van der Waals surface area (Å²) in [5.74, 6) is 0.918. The first kappa shape index (κ1) is 29.0.